The minimum Gasteiger partial charge on any atom is -0.497 e. The third-order valence-electron chi connectivity index (χ3n) is 4.22. The average molecular weight is 336 g/mol. The van der Waals surface area contributed by atoms with Crippen molar-refractivity contribution in [2.75, 3.05) is 33.9 Å². The van der Waals surface area contributed by atoms with Crippen LogP contribution in [0.2, 0.25) is 0 Å². The molecule has 0 aromatic heterocycles. The van der Waals surface area contributed by atoms with Crippen molar-refractivity contribution < 1.29 is 24.2 Å². The molecule has 1 unspecified atom stereocenters. The van der Waals surface area contributed by atoms with Gasteiger partial charge in [-0.1, -0.05) is 0 Å². The molecule has 2 N–H and O–H groups in total. The molecule has 2 amide bonds. The number of carboxylic acid groups (broad SMARTS) is 1. The third kappa shape index (κ3) is 4.53. The van der Waals surface area contributed by atoms with E-state index < -0.39 is 11.9 Å². The summed E-state index contributed by atoms with van der Waals surface area (Å²) >= 11 is 0. The number of rotatable bonds is 6. The van der Waals surface area contributed by atoms with Crippen molar-refractivity contribution >= 4 is 12.0 Å². The number of hydrogen-bond acceptors (Lipinski definition) is 4. The molecule has 24 heavy (non-hydrogen) atoms. The number of methoxy groups -OCH3 is 2. The molecule has 1 aromatic rings. The summed E-state index contributed by atoms with van der Waals surface area (Å²) in [4.78, 5) is 24.8. The maximum absolute atomic E-state index is 12.2. The van der Waals surface area contributed by atoms with Crippen LogP contribution in [0.15, 0.2) is 18.2 Å². The molecule has 2 rings (SSSR count). The molecule has 1 fully saturated rings. The van der Waals surface area contributed by atoms with Crippen LogP contribution in [-0.4, -0.2) is 55.9 Å². The molecule has 0 radical (unpaired) electrons. The van der Waals surface area contributed by atoms with E-state index in [0.717, 1.165) is 17.1 Å². The Hall–Kier alpha value is -2.44. The normalized spacial score (nSPS) is 17.2. The Bertz CT molecular complexity index is 590. The molecule has 1 atom stereocenters. The maximum Gasteiger partial charge on any atom is 0.317 e. The van der Waals surface area contributed by atoms with Crippen LogP contribution in [0, 0.1) is 5.92 Å². The first-order valence-corrected chi connectivity index (χ1v) is 8.01. The fraction of sp³-hybridized carbons (Fsp3) is 0.529. The van der Waals surface area contributed by atoms with Crippen molar-refractivity contribution in [3.05, 3.63) is 23.8 Å². The first-order valence-electron chi connectivity index (χ1n) is 8.01. The highest BCUT2D eigenvalue weighted by atomic mass is 16.5. The zero-order valence-corrected chi connectivity index (χ0v) is 14.1. The fourth-order valence-electron chi connectivity index (χ4n) is 2.86. The maximum atomic E-state index is 12.2. The van der Waals surface area contributed by atoms with Crippen LogP contribution in [0.4, 0.5) is 4.79 Å². The first kappa shape index (κ1) is 17.9. The second-order valence-electron chi connectivity index (χ2n) is 5.78. The first-order chi connectivity index (χ1) is 11.5. The van der Waals surface area contributed by atoms with Gasteiger partial charge in [0.1, 0.15) is 11.5 Å². The molecule has 1 aliphatic heterocycles. The fourth-order valence-corrected chi connectivity index (χ4v) is 2.86. The topological polar surface area (TPSA) is 88.1 Å². The SMILES string of the molecule is COc1ccc(OC)c(CCNC(=O)N2CCCC(C(=O)O)C2)c1. The highest BCUT2D eigenvalue weighted by Gasteiger charge is 2.27. The summed E-state index contributed by atoms with van der Waals surface area (Å²) in [5.74, 6) is 0.169. The van der Waals surface area contributed by atoms with Gasteiger partial charge >= 0.3 is 12.0 Å². The van der Waals surface area contributed by atoms with Crippen molar-refractivity contribution in [2.45, 2.75) is 19.3 Å². The number of amides is 2. The summed E-state index contributed by atoms with van der Waals surface area (Å²) in [7, 11) is 3.20. The Labute approximate surface area is 141 Å². The number of carbonyl (C=O) groups excluding carboxylic acids is 1. The molecule has 0 bridgehead atoms. The predicted octanol–water partition coefficient (Wildman–Crippen LogP) is 1.75. The number of hydrogen-bond donors (Lipinski definition) is 2. The lowest BCUT2D eigenvalue weighted by atomic mass is 9.99. The Balaban J connectivity index is 1.87. The van der Waals surface area contributed by atoms with Gasteiger partial charge in [-0.15, -0.1) is 0 Å². The van der Waals surface area contributed by atoms with Crippen molar-refractivity contribution in [1.29, 1.82) is 0 Å². The predicted molar refractivity (Wildman–Crippen MR) is 88.6 cm³/mol. The van der Waals surface area contributed by atoms with Crippen LogP contribution in [0.3, 0.4) is 0 Å². The van der Waals surface area contributed by atoms with E-state index in [1.54, 1.807) is 19.1 Å². The van der Waals surface area contributed by atoms with E-state index in [2.05, 4.69) is 5.32 Å². The zero-order valence-electron chi connectivity index (χ0n) is 14.1. The van der Waals surface area contributed by atoms with Crippen molar-refractivity contribution in [1.82, 2.24) is 10.2 Å². The largest absolute Gasteiger partial charge is 0.497 e. The number of benzene rings is 1. The summed E-state index contributed by atoms with van der Waals surface area (Å²) in [6.45, 7) is 1.30. The van der Waals surface area contributed by atoms with Crippen LogP contribution < -0.4 is 14.8 Å². The van der Waals surface area contributed by atoms with Gasteiger partial charge in [0.25, 0.3) is 0 Å². The summed E-state index contributed by atoms with van der Waals surface area (Å²) < 4.78 is 10.5. The summed E-state index contributed by atoms with van der Waals surface area (Å²) in [5, 5.41) is 11.9. The lowest BCUT2D eigenvalue weighted by Gasteiger charge is -2.30. The second-order valence-corrected chi connectivity index (χ2v) is 5.78. The van der Waals surface area contributed by atoms with E-state index in [4.69, 9.17) is 14.6 Å². The quantitative estimate of drug-likeness (QED) is 0.826. The van der Waals surface area contributed by atoms with Crippen molar-refractivity contribution in [3.8, 4) is 11.5 Å². The van der Waals surface area contributed by atoms with Crippen LogP contribution in [0.5, 0.6) is 11.5 Å². The van der Waals surface area contributed by atoms with Crippen LogP contribution in [0.25, 0.3) is 0 Å². The molecular weight excluding hydrogens is 312 g/mol. The van der Waals surface area contributed by atoms with Crippen molar-refractivity contribution in [2.24, 2.45) is 5.92 Å². The average Bonchev–Trinajstić information content (AvgIpc) is 2.61. The van der Waals surface area contributed by atoms with E-state index in [-0.39, 0.29) is 12.6 Å². The van der Waals surface area contributed by atoms with Gasteiger partial charge in [-0.3, -0.25) is 4.79 Å². The van der Waals surface area contributed by atoms with Crippen molar-refractivity contribution in [3.63, 3.8) is 0 Å². The van der Waals surface area contributed by atoms with Gasteiger partial charge in [-0.25, -0.2) is 4.79 Å². The number of aliphatic carboxylic acids is 1. The molecule has 0 spiro atoms. The van der Waals surface area contributed by atoms with E-state index in [9.17, 15) is 9.59 Å². The lowest BCUT2D eigenvalue weighted by Crippen LogP contribution is -2.47. The Morgan fingerprint density at radius 2 is 2.12 bits per heavy atom. The van der Waals surface area contributed by atoms with Crippen LogP contribution in [-0.2, 0) is 11.2 Å². The Kier molecular flexibility index (Phi) is 6.28. The molecule has 0 aliphatic carbocycles. The molecule has 7 nitrogen and oxygen atoms in total. The van der Waals surface area contributed by atoms with Crippen LogP contribution >= 0.6 is 0 Å². The van der Waals surface area contributed by atoms with Gasteiger partial charge in [0.2, 0.25) is 0 Å². The number of urea groups is 1. The summed E-state index contributed by atoms with van der Waals surface area (Å²) in [5.41, 5.74) is 0.944. The molecule has 7 heteroatoms. The Morgan fingerprint density at radius 1 is 1.33 bits per heavy atom. The van der Waals surface area contributed by atoms with Gasteiger partial charge in [-0.05, 0) is 43.0 Å². The van der Waals surface area contributed by atoms with E-state index >= 15 is 0 Å². The molecule has 132 valence electrons. The molecule has 1 saturated heterocycles. The minimum absolute atomic E-state index is 0.220. The third-order valence-corrected chi connectivity index (χ3v) is 4.22. The Morgan fingerprint density at radius 3 is 2.79 bits per heavy atom. The smallest absolute Gasteiger partial charge is 0.317 e. The van der Waals surface area contributed by atoms with Gasteiger partial charge in [-0.2, -0.15) is 0 Å². The number of nitrogens with zero attached hydrogens (tertiary/aromatic N) is 1. The van der Waals surface area contributed by atoms with Gasteiger partial charge in [0.05, 0.1) is 20.1 Å². The highest BCUT2D eigenvalue weighted by molar-refractivity contribution is 5.76. The number of carboxylic acids is 1. The molecular formula is C17H24N2O5. The van der Waals surface area contributed by atoms with Gasteiger partial charge < -0.3 is 24.8 Å². The van der Waals surface area contributed by atoms with Crippen LogP contribution in [0.1, 0.15) is 18.4 Å². The number of piperidine rings is 1. The van der Waals surface area contributed by atoms with Gasteiger partial charge in [0.15, 0.2) is 0 Å². The molecule has 1 aliphatic rings. The molecule has 1 aromatic carbocycles. The summed E-state index contributed by atoms with van der Waals surface area (Å²) in [6, 6.07) is 5.31. The number of ether oxygens (including phenoxy) is 2. The van der Waals surface area contributed by atoms with E-state index in [0.29, 0.717) is 32.4 Å². The van der Waals surface area contributed by atoms with E-state index in [1.165, 1.54) is 0 Å². The summed E-state index contributed by atoms with van der Waals surface area (Å²) in [6.07, 6.45) is 1.94. The minimum atomic E-state index is -0.839. The lowest BCUT2D eigenvalue weighted by molar-refractivity contribution is -0.143. The highest BCUT2D eigenvalue weighted by Crippen LogP contribution is 2.24. The monoisotopic (exact) mass is 336 g/mol. The number of likely N-dealkylation sites (tertiary alicyclic amines) is 1. The van der Waals surface area contributed by atoms with Gasteiger partial charge in [0, 0.05) is 19.6 Å². The standard InChI is InChI=1S/C17H24N2O5/c1-23-14-5-6-15(24-2)12(10-14)7-8-18-17(22)19-9-3-4-13(11-19)16(20)21/h5-6,10,13H,3-4,7-9,11H2,1-2H3,(H,18,22)(H,20,21). The number of carbonyl (C=O) groups is 2. The molecule has 0 saturated carbocycles. The number of nitrogens with one attached hydrogen (secondary N) is 1. The molecule has 1 heterocycles. The zero-order chi connectivity index (χ0) is 17.5. The second kappa shape index (κ2) is 8.42. The van der Waals surface area contributed by atoms with E-state index in [1.807, 2.05) is 18.2 Å².